The number of carbonyl (C=O) groups is 1. The van der Waals surface area contributed by atoms with Crippen molar-refractivity contribution in [1.82, 2.24) is 10.2 Å². The molecule has 0 aromatic heterocycles. The molecule has 1 aromatic carbocycles. The third kappa shape index (κ3) is 5.28. The Hall–Kier alpha value is -0.560. The van der Waals surface area contributed by atoms with E-state index < -0.39 is 0 Å². The SMILES string of the molecule is Cl.O=C(COc1ccc(C2SCCCS2)cc1)N1CCC2(CCNC2)CC1. The van der Waals surface area contributed by atoms with Crippen molar-refractivity contribution in [2.75, 3.05) is 44.3 Å². The molecule has 3 fully saturated rings. The summed E-state index contributed by atoms with van der Waals surface area (Å²) in [6, 6.07) is 8.31. The van der Waals surface area contributed by atoms with Crippen LogP contribution in [0, 0.1) is 5.41 Å². The van der Waals surface area contributed by atoms with Gasteiger partial charge in [-0.05, 0) is 66.8 Å². The monoisotopic (exact) mass is 428 g/mol. The maximum absolute atomic E-state index is 12.5. The summed E-state index contributed by atoms with van der Waals surface area (Å²) in [5, 5.41) is 3.47. The predicted molar refractivity (Wildman–Crippen MR) is 117 cm³/mol. The topological polar surface area (TPSA) is 41.6 Å². The molecule has 3 aliphatic rings. The van der Waals surface area contributed by atoms with E-state index >= 15 is 0 Å². The molecule has 1 spiro atoms. The second kappa shape index (κ2) is 9.77. The Kier molecular flexibility index (Phi) is 7.65. The van der Waals surface area contributed by atoms with Gasteiger partial charge in [0.15, 0.2) is 6.61 Å². The van der Waals surface area contributed by atoms with Crippen molar-refractivity contribution < 1.29 is 9.53 Å². The number of nitrogens with one attached hydrogen (secondary N) is 1. The van der Waals surface area contributed by atoms with E-state index in [4.69, 9.17) is 4.74 Å². The highest BCUT2D eigenvalue weighted by molar-refractivity contribution is 8.16. The Morgan fingerprint density at radius 1 is 1.15 bits per heavy atom. The lowest BCUT2D eigenvalue weighted by molar-refractivity contribution is -0.135. The Morgan fingerprint density at radius 3 is 2.48 bits per heavy atom. The summed E-state index contributed by atoms with van der Waals surface area (Å²) in [5.41, 5.74) is 1.80. The largest absolute Gasteiger partial charge is 0.484 e. The minimum absolute atomic E-state index is 0. The van der Waals surface area contributed by atoms with Crippen molar-refractivity contribution in [3.63, 3.8) is 0 Å². The molecule has 0 unspecified atom stereocenters. The van der Waals surface area contributed by atoms with Crippen LogP contribution in [-0.4, -0.2) is 55.1 Å². The molecule has 3 aliphatic heterocycles. The van der Waals surface area contributed by atoms with E-state index in [9.17, 15) is 4.79 Å². The third-order valence-electron chi connectivity index (χ3n) is 5.85. The summed E-state index contributed by atoms with van der Waals surface area (Å²) in [7, 11) is 0. The van der Waals surface area contributed by atoms with Crippen molar-refractivity contribution in [1.29, 1.82) is 0 Å². The fourth-order valence-electron chi connectivity index (χ4n) is 4.09. The Balaban J connectivity index is 0.00000210. The van der Waals surface area contributed by atoms with Gasteiger partial charge in [0, 0.05) is 19.6 Å². The first-order valence-electron chi connectivity index (χ1n) is 9.69. The summed E-state index contributed by atoms with van der Waals surface area (Å²) in [5.74, 6) is 3.41. The fourth-order valence-corrected chi connectivity index (χ4v) is 6.98. The number of rotatable bonds is 4. The van der Waals surface area contributed by atoms with Gasteiger partial charge in [0.05, 0.1) is 4.58 Å². The van der Waals surface area contributed by atoms with E-state index in [1.165, 1.54) is 29.9 Å². The van der Waals surface area contributed by atoms with E-state index in [0.29, 0.717) is 10.00 Å². The van der Waals surface area contributed by atoms with E-state index in [-0.39, 0.29) is 24.9 Å². The molecule has 0 saturated carbocycles. The van der Waals surface area contributed by atoms with Crippen LogP contribution in [-0.2, 0) is 4.79 Å². The highest BCUT2D eigenvalue weighted by Gasteiger charge is 2.38. The normalized spacial score (nSPS) is 22.4. The minimum atomic E-state index is 0. The van der Waals surface area contributed by atoms with Gasteiger partial charge in [0.25, 0.3) is 5.91 Å². The molecule has 150 valence electrons. The van der Waals surface area contributed by atoms with Crippen LogP contribution in [0.3, 0.4) is 0 Å². The van der Waals surface area contributed by atoms with Gasteiger partial charge in [-0.1, -0.05) is 12.1 Å². The number of benzene rings is 1. The average molecular weight is 429 g/mol. The van der Waals surface area contributed by atoms with E-state index in [1.54, 1.807) is 0 Å². The molecular formula is C20H29ClN2O2S2. The average Bonchev–Trinajstić information content (AvgIpc) is 3.16. The van der Waals surface area contributed by atoms with Crippen molar-refractivity contribution >= 4 is 41.8 Å². The lowest BCUT2D eigenvalue weighted by Gasteiger charge is -2.38. The van der Waals surface area contributed by atoms with E-state index in [2.05, 4.69) is 17.4 Å². The number of ether oxygens (including phenoxy) is 1. The number of likely N-dealkylation sites (tertiary alicyclic amines) is 1. The number of nitrogens with zero attached hydrogens (tertiary/aromatic N) is 1. The van der Waals surface area contributed by atoms with Crippen LogP contribution in [0.5, 0.6) is 5.75 Å². The van der Waals surface area contributed by atoms with Crippen molar-refractivity contribution in [2.45, 2.75) is 30.3 Å². The standard InChI is InChI=1S/C20H28N2O2S2.ClH/c23-18(22-10-7-20(8-11-22)6-9-21-15-20)14-24-17-4-2-16(3-5-17)19-25-12-1-13-26-19;/h2-5,19,21H,1,6-15H2;1H. The molecule has 1 aromatic rings. The number of carbonyl (C=O) groups excluding carboxylic acids is 1. The molecule has 4 nitrogen and oxygen atoms in total. The summed E-state index contributed by atoms with van der Waals surface area (Å²) in [4.78, 5) is 14.4. The summed E-state index contributed by atoms with van der Waals surface area (Å²) in [6.45, 7) is 4.15. The van der Waals surface area contributed by atoms with Gasteiger partial charge < -0.3 is 15.0 Å². The maximum atomic E-state index is 12.5. The van der Waals surface area contributed by atoms with Crippen molar-refractivity contribution in [3.8, 4) is 5.75 Å². The van der Waals surface area contributed by atoms with Gasteiger partial charge in [0.1, 0.15) is 5.75 Å². The van der Waals surface area contributed by atoms with Gasteiger partial charge in [0.2, 0.25) is 0 Å². The second-order valence-corrected chi connectivity index (χ2v) is 10.3. The van der Waals surface area contributed by atoms with Crippen LogP contribution < -0.4 is 10.1 Å². The predicted octanol–water partition coefficient (Wildman–Crippen LogP) is 3.96. The second-order valence-electron chi connectivity index (χ2n) is 7.59. The molecular weight excluding hydrogens is 400 g/mol. The number of halogens is 1. The zero-order valence-electron chi connectivity index (χ0n) is 15.7. The quantitative estimate of drug-likeness (QED) is 0.786. The Bertz CT molecular complexity index is 607. The molecule has 1 amide bonds. The fraction of sp³-hybridized carbons (Fsp3) is 0.650. The zero-order chi connectivity index (χ0) is 17.8. The Labute approximate surface area is 177 Å². The Morgan fingerprint density at radius 2 is 1.85 bits per heavy atom. The van der Waals surface area contributed by atoms with Crippen LogP contribution in [0.25, 0.3) is 0 Å². The van der Waals surface area contributed by atoms with Gasteiger partial charge in [-0.2, -0.15) is 0 Å². The lowest BCUT2D eigenvalue weighted by atomic mass is 9.78. The first-order valence-corrected chi connectivity index (χ1v) is 11.8. The third-order valence-corrected chi connectivity index (χ3v) is 8.87. The first-order chi connectivity index (χ1) is 12.7. The smallest absolute Gasteiger partial charge is 0.260 e. The first kappa shape index (κ1) is 21.2. The van der Waals surface area contributed by atoms with Crippen LogP contribution in [0.15, 0.2) is 24.3 Å². The van der Waals surface area contributed by atoms with Crippen LogP contribution >= 0.6 is 35.9 Å². The van der Waals surface area contributed by atoms with Crippen LogP contribution in [0.4, 0.5) is 0 Å². The van der Waals surface area contributed by atoms with Crippen LogP contribution in [0.1, 0.15) is 35.8 Å². The lowest BCUT2D eigenvalue weighted by Crippen LogP contribution is -2.45. The molecule has 27 heavy (non-hydrogen) atoms. The molecule has 0 radical (unpaired) electrons. The van der Waals surface area contributed by atoms with Gasteiger partial charge in [-0.25, -0.2) is 0 Å². The molecule has 4 rings (SSSR count). The summed E-state index contributed by atoms with van der Waals surface area (Å²) in [6.07, 6.45) is 4.81. The molecule has 0 bridgehead atoms. The van der Waals surface area contributed by atoms with E-state index in [1.807, 2.05) is 40.6 Å². The number of thioether (sulfide) groups is 2. The van der Waals surface area contributed by atoms with E-state index in [0.717, 1.165) is 44.8 Å². The highest BCUT2D eigenvalue weighted by atomic mass is 35.5. The number of amides is 1. The van der Waals surface area contributed by atoms with Gasteiger partial charge in [-0.3, -0.25) is 4.79 Å². The summed E-state index contributed by atoms with van der Waals surface area (Å²) < 4.78 is 6.31. The molecule has 1 N–H and O–H groups in total. The molecule has 0 aliphatic carbocycles. The van der Waals surface area contributed by atoms with Crippen molar-refractivity contribution in [2.24, 2.45) is 5.41 Å². The van der Waals surface area contributed by atoms with Gasteiger partial charge in [-0.15, -0.1) is 35.9 Å². The molecule has 3 heterocycles. The zero-order valence-corrected chi connectivity index (χ0v) is 18.1. The molecule has 7 heteroatoms. The number of hydrogen-bond acceptors (Lipinski definition) is 5. The highest BCUT2D eigenvalue weighted by Crippen LogP contribution is 2.43. The maximum Gasteiger partial charge on any atom is 0.260 e. The number of hydrogen-bond donors (Lipinski definition) is 1. The summed E-state index contributed by atoms with van der Waals surface area (Å²) >= 11 is 4.05. The number of piperidine rings is 1. The van der Waals surface area contributed by atoms with Gasteiger partial charge >= 0.3 is 0 Å². The molecule has 3 saturated heterocycles. The van der Waals surface area contributed by atoms with Crippen LogP contribution in [0.2, 0.25) is 0 Å². The molecule has 0 atom stereocenters. The minimum Gasteiger partial charge on any atom is -0.484 e. The van der Waals surface area contributed by atoms with Crippen molar-refractivity contribution in [3.05, 3.63) is 29.8 Å².